The molecule has 8 heteroatoms. The molecule has 1 fully saturated rings. The zero-order valence-electron chi connectivity index (χ0n) is 15.5. The van der Waals surface area contributed by atoms with Crippen molar-refractivity contribution in [2.24, 2.45) is 7.05 Å². The molecule has 0 saturated carbocycles. The molecule has 0 atom stereocenters. The van der Waals surface area contributed by atoms with Crippen molar-refractivity contribution >= 4 is 5.91 Å². The maximum atomic E-state index is 13.9. The Hall–Kier alpha value is -3.29. The standard InChI is InChI=1S/C20H20FN5O2/c1-25-11-8-16(24-25)20(27)26-12-6-14(7-13-26)18-19(23-10-9-22-18)28-17-5-3-2-4-15(17)21/h2-5,8-11,14H,6-7,12-13H2,1H3. The fraction of sp³-hybridized carbons (Fsp3) is 0.300. The first kappa shape index (κ1) is 18.1. The summed E-state index contributed by atoms with van der Waals surface area (Å²) in [6.45, 7) is 1.19. The molecule has 0 unspecified atom stereocenters. The van der Waals surface area contributed by atoms with Crippen molar-refractivity contribution in [3.8, 4) is 11.6 Å². The molecule has 0 spiro atoms. The molecule has 0 N–H and O–H groups in total. The highest BCUT2D eigenvalue weighted by molar-refractivity contribution is 5.92. The minimum absolute atomic E-state index is 0.0685. The summed E-state index contributed by atoms with van der Waals surface area (Å²) < 4.78 is 21.2. The maximum Gasteiger partial charge on any atom is 0.274 e. The monoisotopic (exact) mass is 381 g/mol. The molecule has 28 heavy (non-hydrogen) atoms. The number of carbonyl (C=O) groups is 1. The third kappa shape index (κ3) is 3.71. The van der Waals surface area contributed by atoms with Crippen LogP contribution in [0.2, 0.25) is 0 Å². The number of piperidine rings is 1. The summed E-state index contributed by atoms with van der Waals surface area (Å²) in [6, 6.07) is 7.93. The molecular formula is C20H20FN5O2. The number of hydrogen-bond donors (Lipinski definition) is 0. The Bertz CT molecular complexity index is 982. The van der Waals surface area contributed by atoms with Gasteiger partial charge in [0.15, 0.2) is 11.6 Å². The number of para-hydroxylation sites is 1. The number of amides is 1. The number of aromatic nitrogens is 4. The van der Waals surface area contributed by atoms with Gasteiger partial charge in [-0.3, -0.25) is 14.5 Å². The van der Waals surface area contributed by atoms with Crippen LogP contribution in [-0.4, -0.2) is 43.6 Å². The molecule has 1 aromatic carbocycles. The van der Waals surface area contributed by atoms with Crippen LogP contribution >= 0.6 is 0 Å². The van der Waals surface area contributed by atoms with E-state index in [2.05, 4.69) is 15.1 Å². The van der Waals surface area contributed by atoms with E-state index < -0.39 is 5.82 Å². The summed E-state index contributed by atoms with van der Waals surface area (Å²) in [6.07, 6.45) is 6.34. The molecular weight excluding hydrogens is 361 g/mol. The number of rotatable bonds is 4. The van der Waals surface area contributed by atoms with Gasteiger partial charge in [0.05, 0.1) is 0 Å². The molecule has 7 nitrogen and oxygen atoms in total. The molecule has 1 saturated heterocycles. The number of nitrogens with zero attached hydrogens (tertiary/aromatic N) is 5. The Labute approximate surface area is 161 Å². The van der Waals surface area contributed by atoms with E-state index >= 15 is 0 Å². The van der Waals surface area contributed by atoms with Crippen molar-refractivity contribution in [2.75, 3.05) is 13.1 Å². The summed E-state index contributed by atoms with van der Waals surface area (Å²) in [7, 11) is 1.79. The predicted octanol–water partition coefficient (Wildman–Crippen LogP) is 3.16. The van der Waals surface area contributed by atoms with Crippen molar-refractivity contribution in [2.45, 2.75) is 18.8 Å². The van der Waals surface area contributed by atoms with Crippen LogP contribution in [0.3, 0.4) is 0 Å². The summed E-state index contributed by atoms with van der Waals surface area (Å²) in [4.78, 5) is 23.0. The largest absolute Gasteiger partial charge is 0.434 e. The van der Waals surface area contributed by atoms with Gasteiger partial charge in [-0.05, 0) is 31.0 Å². The second-order valence-corrected chi connectivity index (χ2v) is 6.72. The van der Waals surface area contributed by atoms with Gasteiger partial charge in [0.1, 0.15) is 11.4 Å². The Morgan fingerprint density at radius 2 is 1.89 bits per heavy atom. The SMILES string of the molecule is Cn1ccc(C(=O)N2CCC(c3nccnc3Oc3ccccc3F)CC2)n1. The van der Waals surface area contributed by atoms with Crippen LogP contribution < -0.4 is 4.74 Å². The average Bonchev–Trinajstić information content (AvgIpc) is 3.16. The quantitative estimate of drug-likeness (QED) is 0.694. The van der Waals surface area contributed by atoms with E-state index in [0.29, 0.717) is 30.4 Å². The second kappa shape index (κ2) is 7.75. The number of halogens is 1. The summed E-state index contributed by atoms with van der Waals surface area (Å²) in [5, 5.41) is 4.18. The molecule has 3 aromatic rings. The number of carbonyl (C=O) groups excluding carboxylic acids is 1. The lowest BCUT2D eigenvalue weighted by atomic mass is 9.93. The van der Waals surface area contributed by atoms with E-state index in [0.717, 1.165) is 12.8 Å². The normalized spacial score (nSPS) is 14.9. The third-order valence-corrected chi connectivity index (χ3v) is 4.84. The van der Waals surface area contributed by atoms with Gasteiger partial charge in [0, 0.05) is 44.6 Å². The summed E-state index contributed by atoms with van der Waals surface area (Å²) >= 11 is 0. The number of aryl methyl sites for hydroxylation is 1. The molecule has 1 amide bonds. The highest BCUT2D eigenvalue weighted by Gasteiger charge is 2.28. The minimum atomic E-state index is -0.449. The molecule has 144 valence electrons. The number of likely N-dealkylation sites (tertiary alicyclic amines) is 1. The smallest absolute Gasteiger partial charge is 0.274 e. The van der Waals surface area contributed by atoms with Crippen LogP contribution in [0, 0.1) is 5.82 Å². The van der Waals surface area contributed by atoms with Crippen LogP contribution in [0.4, 0.5) is 4.39 Å². The average molecular weight is 381 g/mol. The van der Waals surface area contributed by atoms with Crippen molar-refractivity contribution < 1.29 is 13.9 Å². The minimum Gasteiger partial charge on any atom is -0.434 e. The van der Waals surface area contributed by atoms with E-state index in [-0.39, 0.29) is 17.6 Å². The van der Waals surface area contributed by atoms with Crippen LogP contribution in [0.5, 0.6) is 11.6 Å². The highest BCUT2D eigenvalue weighted by Crippen LogP contribution is 2.34. The van der Waals surface area contributed by atoms with Gasteiger partial charge in [0.25, 0.3) is 5.91 Å². The summed E-state index contributed by atoms with van der Waals surface area (Å²) in [5.74, 6) is -0.00622. The van der Waals surface area contributed by atoms with Crippen molar-refractivity contribution in [1.82, 2.24) is 24.6 Å². The van der Waals surface area contributed by atoms with Gasteiger partial charge < -0.3 is 9.64 Å². The zero-order chi connectivity index (χ0) is 19.5. The van der Waals surface area contributed by atoms with Gasteiger partial charge in [-0.1, -0.05) is 12.1 Å². The fourth-order valence-electron chi connectivity index (χ4n) is 3.37. The first-order valence-electron chi connectivity index (χ1n) is 9.14. The highest BCUT2D eigenvalue weighted by atomic mass is 19.1. The summed E-state index contributed by atoms with van der Waals surface area (Å²) in [5.41, 5.74) is 1.14. The molecule has 4 rings (SSSR count). The molecule has 2 aromatic heterocycles. The lowest BCUT2D eigenvalue weighted by molar-refractivity contribution is 0.0705. The maximum absolute atomic E-state index is 13.9. The first-order chi connectivity index (χ1) is 13.6. The molecule has 0 radical (unpaired) electrons. The Kier molecular flexibility index (Phi) is 5.01. The number of benzene rings is 1. The molecule has 0 aliphatic carbocycles. The Morgan fingerprint density at radius 3 is 2.61 bits per heavy atom. The lowest BCUT2D eigenvalue weighted by Crippen LogP contribution is -2.38. The van der Waals surface area contributed by atoms with E-state index in [1.54, 1.807) is 53.3 Å². The van der Waals surface area contributed by atoms with Gasteiger partial charge in [0.2, 0.25) is 5.88 Å². The molecule has 0 bridgehead atoms. The Morgan fingerprint density at radius 1 is 1.14 bits per heavy atom. The zero-order valence-corrected chi connectivity index (χ0v) is 15.5. The van der Waals surface area contributed by atoms with Crippen LogP contribution in [0.1, 0.15) is 34.9 Å². The van der Waals surface area contributed by atoms with E-state index in [1.165, 1.54) is 12.3 Å². The fourth-order valence-corrected chi connectivity index (χ4v) is 3.37. The third-order valence-electron chi connectivity index (χ3n) is 4.84. The van der Waals surface area contributed by atoms with Crippen molar-refractivity contribution in [3.05, 3.63) is 66.1 Å². The van der Waals surface area contributed by atoms with Gasteiger partial charge in [-0.15, -0.1) is 0 Å². The molecule has 1 aliphatic heterocycles. The van der Waals surface area contributed by atoms with E-state index in [4.69, 9.17) is 4.74 Å². The topological polar surface area (TPSA) is 73.1 Å². The molecule has 1 aliphatic rings. The number of ether oxygens (including phenoxy) is 1. The Balaban J connectivity index is 1.46. The predicted molar refractivity (Wildman–Crippen MR) is 99.6 cm³/mol. The van der Waals surface area contributed by atoms with E-state index in [9.17, 15) is 9.18 Å². The van der Waals surface area contributed by atoms with Crippen LogP contribution in [-0.2, 0) is 7.05 Å². The van der Waals surface area contributed by atoms with Crippen LogP contribution in [0.25, 0.3) is 0 Å². The van der Waals surface area contributed by atoms with Gasteiger partial charge in [-0.25, -0.2) is 9.37 Å². The van der Waals surface area contributed by atoms with Crippen molar-refractivity contribution in [1.29, 1.82) is 0 Å². The van der Waals surface area contributed by atoms with Gasteiger partial charge >= 0.3 is 0 Å². The van der Waals surface area contributed by atoms with Gasteiger partial charge in [-0.2, -0.15) is 5.10 Å². The number of hydrogen-bond acceptors (Lipinski definition) is 5. The molecule has 3 heterocycles. The van der Waals surface area contributed by atoms with Crippen molar-refractivity contribution in [3.63, 3.8) is 0 Å². The second-order valence-electron chi connectivity index (χ2n) is 6.72. The van der Waals surface area contributed by atoms with E-state index in [1.807, 2.05) is 0 Å². The first-order valence-corrected chi connectivity index (χ1v) is 9.14. The lowest BCUT2D eigenvalue weighted by Gasteiger charge is -2.31. The van der Waals surface area contributed by atoms with Crippen LogP contribution in [0.15, 0.2) is 48.9 Å².